The van der Waals surface area contributed by atoms with Gasteiger partial charge in [0.25, 0.3) is 5.91 Å². The van der Waals surface area contributed by atoms with Crippen LogP contribution in [0.25, 0.3) is 11.1 Å². The SMILES string of the molecule is Cc1nc(C)c([C@H](OC(C)(C)C)C(=O)OC(C)C)c(N2CC3C(C2)C3(C)C)c1-c1ccc(C(=O)NCc2ccccc2)cc1. The number of anilines is 1. The van der Waals surface area contributed by atoms with Gasteiger partial charge in [-0.3, -0.25) is 9.78 Å². The van der Waals surface area contributed by atoms with Gasteiger partial charge in [0.2, 0.25) is 0 Å². The molecule has 1 aliphatic heterocycles. The lowest BCUT2D eigenvalue weighted by Crippen LogP contribution is -2.34. The number of aryl methyl sites for hydroxylation is 2. The Morgan fingerprint density at radius 2 is 1.59 bits per heavy atom. The first-order valence-corrected chi connectivity index (χ1v) is 15.7. The molecule has 3 atom stereocenters. The minimum absolute atomic E-state index is 0.128. The molecule has 5 rings (SSSR count). The van der Waals surface area contributed by atoms with E-state index in [1.807, 2.05) is 103 Å². The molecule has 1 aromatic heterocycles. The topological polar surface area (TPSA) is 80.8 Å². The standard InChI is InChI=1S/C37H47N3O4/c1-22(2)43-35(42)33(44-36(5,6)7)31-24(4)39-23(3)30(32(31)40-20-28-29(21-40)37(28,8)9)26-15-17-27(18-16-26)34(41)38-19-25-13-11-10-12-14-25/h10-18,22,28-29,33H,19-21H2,1-9H3,(H,38,41)/t28?,29?,33-/m0/s1. The molecule has 1 aliphatic carbocycles. The van der Waals surface area contributed by atoms with Gasteiger partial charge < -0.3 is 19.7 Å². The normalized spacial score (nSPS) is 19.5. The first-order chi connectivity index (χ1) is 20.7. The molecule has 44 heavy (non-hydrogen) atoms. The Labute approximate surface area is 262 Å². The van der Waals surface area contributed by atoms with Crippen LogP contribution in [0.5, 0.6) is 0 Å². The van der Waals surface area contributed by atoms with E-state index < -0.39 is 17.7 Å². The zero-order valence-corrected chi connectivity index (χ0v) is 27.7. The van der Waals surface area contributed by atoms with Crippen LogP contribution in [-0.4, -0.2) is 41.7 Å². The number of nitrogens with one attached hydrogen (secondary N) is 1. The smallest absolute Gasteiger partial charge is 0.340 e. The molecular weight excluding hydrogens is 550 g/mol. The Kier molecular flexibility index (Phi) is 8.65. The highest BCUT2D eigenvalue weighted by Crippen LogP contribution is 2.63. The fraction of sp³-hybridized carbons (Fsp3) is 0.486. The van der Waals surface area contributed by atoms with E-state index in [2.05, 4.69) is 24.1 Å². The van der Waals surface area contributed by atoms with E-state index in [0.717, 1.165) is 52.4 Å². The molecule has 0 spiro atoms. The van der Waals surface area contributed by atoms with Gasteiger partial charge >= 0.3 is 5.97 Å². The fourth-order valence-corrected chi connectivity index (χ4v) is 6.69. The van der Waals surface area contributed by atoms with Crippen molar-refractivity contribution in [1.82, 2.24) is 10.3 Å². The molecule has 7 heteroatoms. The van der Waals surface area contributed by atoms with Crippen LogP contribution in [0.3, 0.4) is 0 Å². The maximum absolute atomic E-state index is 13.7. The van der Waals surface area contributed by atoms with Gasteiger partial charge in [-0.25, -0.2) is 4.79 Å². The van der Waals surface area contributed by atoms with Gasteiger partial charge in [0.15, 0.2) is 6.10 Å². The number of pyridine rings is 1. The molecule has 7 nitrogen and oxygen atoms in total. The van der Waals surface area contributed by atoms with Crippen LogP contribution >= 0.6 is 0 Å². The average molecular weight is 598 g/mol. The van der Waals surface area contributed by atoms with Crippen LogP contribution in [0, 0.1) is 31.1 Å². The highest BCUT2D eigenvalue weighted by Gasteiger charge is 2.62. The molecule has 2 unspecified atom stereocenters. The number of aromatic nitrogens is 1. The number of hydrogen-bond donors (Lipinski definition) is 1. The predicted molar refractivity (Wildman–Crippen MR) is 175 cm³/mol. The molecule has 2 fully saturated rings. The molecule has 1 amide bonds. The van der Waals surface area contributed by atoms with Gasteiger partial charge in [-0.05, 0) is 89.0 Å². The summed E-state index contributed by atoms with van der Waals surface area (Å²) in [6, 6.07) is 17.6. The molecule has 3 aromatic rings. The van der Waals surface area contributed by atoms with Gasteiger partial charge in [-0.2, -0.15) is 0 Å². The molecule has 2 aliphatic rings. The van der Waals surface area contributed by atoms with Crippen LogP contribution in [0.4, 0.5) is 5.69 Å². The largest absolute Gasteiger partial charge is 0.461 e. The maximum atomic E-state index is 13.7. The second-order valence-corrected chi connectivity index (χ2v) is 14.2. The van der Waals surface area contributed by atoms with Crippen molar-refractivity contribution in [2.24, 2.45) is 17.3 Å². The molecule has 0 bridgehead atoms. The van der Waals surface area contributed by atoms with Crippen molar-refractivity contribution < 1.29 is 19.1 Å². The number of ether oxygens (including phenoxy) is 2. The van der Waals surface area contributed by atoms with Gasteiger partial charge in [0, 0.05) is 47.7 Å². The Morgan fingerprint density at radius 1 is 0.977 bits per heavy atom. The van der Waals surface area contributed by atoms with E-state index >= 15 is 0 Å². The van der Waals surface area contributed by atoms with Crippen molar-refractivity contribution in [2.75, 3.05) is 18.0 Å². The lowest BCUT2D eigenvalue weighted by Gasteiger charge is -2.34. The Morgan fingerprint density at radius 3 is 2.16 bits per heavy atom. The van der Waals surface area contributed by atoms with Gasteiger partial charge in [0.1, 0.15) is 0 Å². The van der Waals surface area contributed by atoms with E-state index in [-0.39, 0.29) is 12.0 Å². The number of esters is 1. The highest BCUT2D eigenvalue weighted by atomic mass is 16.6. The molecule has 1 N–H and O–H groups in total. The van der Waals surface area contributed by atoms with Gasteiger partial charge in [-0.15, -0.1) is 0 Å². The van der Waals surface area contributed by atoms with Crippen molar-refractivity contribution in [3.05, 3.63) is 82.7 Å². The second kappa shape index (κ2) is 12.0. The van der Waals surface area contributed by atoms with E-state index in [9.17, 15) is 9.59 Å². The molecule has 0 radical (unpaired) electrons. The first kappa shape index (κ1) is 31.7. The van der Waals surface area contributed by atoms with Crippen LogP contribution in [0.15, 0.2) is 54.6 Å². The number of amides is 1. The minimum Gasteiger partial charge on any atom is -0.461 e. The Balaban J connectivity index is 1.57. The summed E-state index contributed by atoms with van der Waals surface area (Å²) < 4.78 is 12.3. The zero-order valence-electron chi connectivity index (χ0n) is 27.7. The summed E-state index contributed by atoms with van der Waals surface area (Å²) >= 11 is 0. The zero-order chi connectivity index (χ0) is 32.0. The van der Waals surface area contributed by atoms with Crippen molar-refractivity contribution >= 4 is 17.6 Å². The lowest BCUT2D eigenvalue weighted by molar-refractivity contribution is -0.171. The third-order valence-corrected chi connectivity index (χ3v) is 9.05. The summed E-state index contributed by atoms with van der Waals surface area (Å²) in [6.07, 6.45) is -1.22. The van der Waals surface area contributed by atoms with Gasteiger partial charge in [-0.1, -0.05) is 56.3 Å². The number of fused-ring (bicyclic) bond motifs is 1. The molecule has 2 aromatic carbocycles. The summed E-state index contributed by atoms with van der Waals surface area (Å²) in [5.41, 5.74) is 6.62. The predicted octanol–water partition coefficient (Wildman–Crippen LogP) is 7.20. The third kappa shape index (κ3) is 6.53. The molecule has 1 saturated heterocycles. The van der Waals surface area contributed by atoms with E-state index in [0.29, 0.717) is 29.4 Å². The minimum atomic E-state index is -0.938. The summed E-state index contributed by atoms with van der Waals surface area (Å²) in [5, 5.41) is 3.01. The quantitative estimate of drug-likeness (QED) is 0.263. The average Bonchev–Trinajstić information content (AvgIpc) is 3.24. The monoisotopic (exact) mass is 597 g/mol. The third-order valence-electron chi connectivity index (χ3n) is 9.05. The van der Waals surface area contributed by atoms with Crippen LogP contribution in [-0.2, 0) is 20.8 Å². The van der Waals surface area contributed by atoms with E-state index in [4.69, 9.17) is 14.5 Å². The van der Waals surface area contributed by atoms with Crippen molar-refractivity contribution in [3.63, 3.8) is 0 Å². The number of benzene rings is 2. The number of carbonyl (C=O) groups is 2. The number of rotatable bonds is 9. The van der Waals surface area contributed by atoms with Crippen molar-refractivity contribution in [2.45, 2.75) is 86.7 Å². The number of piperidine rings is 1. The van der Waals surface area contributed by atoms with Crippen LogP contribution in [0.1, 0.15) is 87.4 Å². The number of hydrogen-bond acceptors (Lipinski definition) is 6. The van der Waals surface area contributed by atoms with Gasteiger partial charge in [0.05, 0.1) is 17.4 Å². The lowest BCUT2D eigenvalue weighted by atomic mass is 9.92. The maximum Gasteiger partial charge on any atom is 0.340 e. The van der Waals surface area contributed by atoms with Crippen LogP contribution < -0.4 is 10.2 Å². The number of nitrogens with zero attached hydrogens (tertiary/aromatic N) is 2. The Hall–Kier alpha value is -3.71. The van der Waals surface area contributed by atoms with Crippen molar-refractivity contribution in [3.8, 4) is 11.1 Å². The Bertz CT molecular complexity index is 1510. The second-order valence-electron chi connectivity index (χ2n) is 14.2. The molecule has 234 valence electrons. The van der Waals surface area contributed by atoms with Crippen LogP contribution in [0.2, 0.25) is 0 Å². The van der Waals surface area contributed by atoms with Crippen molar-refractivity contribution in [1.29, 1.82) is 0 Å². The van der Waals surface area contributed by atoms with E-state index in [1.54, 1.807) is 0 Å². The summed E-state index contributed by atoms with van der Waals surface area (Å²) in [7, 11) is 0. The fourth-order valence-electron chi connectivity index (χ4n) is 6.69. The highest BCUT2D eigenvalue weighted by molar-refractivity contribution is 5.95. The molecule has 1 saturated carbocycles. The molecule has 2 heterocycles. The summed E-state index contributed by atoms with van der Waals surface area (Å²) in [6.45, 7) is 20.5. The first-order valence-electron chi connectivity index (χ1n) is 15.7. The number of carbonyl (C=O) groups excluding carboxylic acids is 2. The molecular formula is C37H47N3O4. The van der Waals surface area contributed by atoms with E-state index in [1.165, 1.54) is 0 Å². The summed E-state index contributed by atoms with van der Waals surface area (Å²) in [4.78, 5) is 34.1. The summed E-state index contributed by atoms with van der Waals surface area (Å²) in [5.74, 6) is 0.650.